The predicted octanol–water partition coefficient (Wildman–Crippen LogP) is 1.95. The highest BCUT2D eigenvalue weighted by molar-refractivity contribution is 7.99. The van der Waals surface area contributed by atoms with Crippen molar-refractivity contribution >= 4 is 28.9 Å². The van der Waals surface area contributed by atoms with Gasteiger partial charge in [-0.3, -0.25) is 9.36 Å². The van der Waals surface area contributed by atoms with Gasteiger partial charge in [0.15, 0.2) is 10.8 Å². The van der Waals surface area contributed by atoms with E-state index in [1.165, 1.54) is 0 Å². The van der Waals surface area contributed by atoms with Crippen LogP contribution < -0.4 is 0 Å². The molecule has 0 aromatic carbocycles. The largest absolute Gasteiger partial charge is 0.481 e. The Morgan fingerprint density at radius 1 is 1.48 bits per heavy atom. The third-order valence-corrected chi connectivity index (χ3v) is 3.72. The predicted molar refractivity (Wildman–Crippen MR) is 76.2 cm³/mol. The van der Waals surface area contributed by atoms with Crippen molar-refractivity contribution in [3.8, 4) is 0 Å². The van der Waals surface area contributed by atoms with Gasteiger partial charge in [0, 0.05) is 6.20 Å². The molecule has 8 heteroatoms. The fourth-order valence-electron chi connectivity index (χ4n) is 1.93. The van der Waals surface area contributed by atoms with Crippen molar-refractivity contribution in [1.29, 1.82) is 0 Å². The number of aryl methyl sites for hydroxylation is 1. The number of thioether (sulfide) groups is 1. The molecule has 3 aromatic heterocycles. The number of imidazole rings is 1. The van der Waals surface area contributed by atoms with Gasteiger partial charge in [0.25, 0.3) is 0 Å². The van der Waals surface area contributed by atoms with Crippen molar-refractivity contribution in [2.75, 3.05) is 5.75 Å². The van der Waals surface area contributed by atoms with Crippen LogP contribution in [-0.2, 0) is 11.3 Å². The number of pyridine rings is 1. The number of oxazole rings is 1. The highest BCUT2D eigenvalue weighted by Gasteiger charge is 2.15. The smallest absolute Gasteiger partial charge is 0.313 e. The number of carboxylic acids is 1. The lowest BCUT2D eigenvalue weighted by atomic mass is 10.4. The fourth-order valence-corrected chi connectivity index (χ4v) is 2.65. The van der Waals surface area contributed by atoms with Gasteiger partial charge in [-0.1, -0.05) is 11.8 Å². The number of aliphatic carboxylic acids is 1. The summed E-state index contributed by atoms with van der Waals surface area (Å²) >= 11 is 1.15. The van der Waals surface area contributed by atoms with Crippen LogP contribution in [-0.4, -0.2) is 36.3 Å². The Labute approximate surface area is 124 Å². The van der Waals surface area contributed by atoms with Gasteiger partial charge in [-0.25, -0.2) is 15.0 Å². The molecule has 21 heavy (non-hydrogen) atoms. The molecule has 3 rings (SSSR count). The highest BCUT2D eigenvalue weighted by Crippen LogP contribution is 2.23. The first kappa shape index (κ1) is 13.6. The maximum Gasteiger partial charge on any atom is 0.313 e. The standard InChI is InChI=1S/C13H12N4O3S/c1-8-5-15-10(20-8)6-17-12-9(3-2-4-14-12)16-13(17)21-7-11(18)19/h2-5H,6-7H2,1H3,(H,18,19). The van der Waals surface area contributed by atoms with Gasteiger partial charge in [-0.2, -0.15) is 0 Å². The molecule has 7 nitrogen and oxygen atoms in total. The number of nitrogens with zero attached hydrogens (tertiary/aromatic N) is 4. The lowest BCUT2D eigenvalue weighted by Gasteiger charge is -2.04. The molecule has 0 saturated heterocycles. The number of aromatic nitrogens is 4. The van der Waals surface area contributed by atoms with Crippen molar-refractivity contribution < 1.29 is 14.3 Å². The van der Waals surface area contributed by atoms with E-state index >= 15 is 0 Å². The quantitative estimate of drug-likeness (QED) is 0.720. The van der Waals surface area contributed by atoms with Crippen LogP contribution in [0.1, 0.15) is 11.7 Å². The van der Waals surface area contributed by atoms with E-state index in [-0.39, 0.29) is 5.75 Å². The Hall–Kier alpha value is -2.35. The molecule has 1 N–H and O–H groups in total. The maximum atomic E-state index is 10.8. The first-order valence-corrected chi connectivity index (χ1v) is 7.19. The van der Waals surface area contributed by atoms with Gasteiger partial charge < -0.3 is 9.52 Å². The Morgan fingerprint density at radius 2 is 2.33 bits per heavy atom. The summed E-state index contributed by atoms with van der Waals surface area (Å²) in [4.78, 5) is 23.6. The van der Waals surface area contributed by atoms with Crippen LogP contribution in [0.25, 0.3) is 11.2 Å². The first-order chi connectivity index (χ1) is 10.1. The number of carboxylic acid groups (broad SMARTS) is 1. The molecular formula is C13H12N4O3S. The zero-order valence-electron chi connectivity index (χ0n) is 11.2. The molecule has 0 atom stereocenters. The zero-order valence-corrected chi connectivity index (χ0v) is 12.0. The van der Waals surface area contributed by atoms with Crippen LogP contribution in [0.3, 0.4) is 0 Å². The van der Waals surface area contributed by atoms with Gasteiger partial charge in [0.1, 0.15) is 17.8 Å². The monoisotopic (exact) mass is 304 g/mol. The number of carbonyl (C=O) groups is 1. The van der Waals surface area contributed by atoms with Crippen LogP contribution in [0.4, 0.5) is 0 Å². The molecule has 0 radical (unpaired) electrons. The van der Waals surface area contributed by atoms with E-state index in [0.29, 0.717) is 28.8 Å². The van der Waals surface area contributed by atoms with Crippen LogP contribution in [0.5, 0.6) is 0 Å². The summed E-state index contributed by atoms with van der Waals surface area (Å²) in [6.45, 7) is 2.18. The molecular weight excluding hydrogens is 292 g/mol. The van der Waals surface area contributed by atoms with Crippen molar-refractivity contribution in [1.82, 2.24) is 19.5 Å². The molecule has 0 aliphatic carbocycles. The second-order valence-electron chi connectivity index (χ2n) is 4.37. The number of hydrogen-bond donors (Lipinski definition) is 1. The summed E-state index contributed by atoms with van der Waals surface area (Å²) in [5.74, 6) is 0.309. The Bertz CT molecular complexity index is 796. The Morgan fingerprint density at radius 3 is 3.05 bits per heavy atom. The van der Waals surface area contributed by atoms with E-state index in [0.717, 1.165) is 17.5 Å². The summed E-state index contributed by atoms with van der Waals surface area (Å²) < 4.78 is 7.29. The topological polar surface area (TPSA) is 94.0 Å². The van der Waals surface area contributed by atoms with E-state index in [2.05, 4.69) is 15.0 Å². The number of rotatable bonds is 5. The van der Waals surface area contributed by atoms with Crippen LogP contribution >= 0.6 is 11.8 Å². The van der Waals surface area contributed by atoms with Gasteiger partial charge in [-0.05, 0) is 19.1 Å². The second-order valence-corrected chi connectivity index (χ2v) is 5.32. The first-order valence-electron chi connectivity index (χ1n) is 6.20. The van der Waals surface area contributed by atoms with Crippen LogP contribution in [0, 0.1) is 6.92 Å². The van der Waals surface area contributed by atoms with Crippen molar-refractivity contribution in [3.63, 3.8) is 0 Å². The average molecular weight is 304 g/mol. The van der Waals surface area contributed by atoms with Crippen LogP contribution in [0.2, 0.25) is 0 Å². The molecule has 0 fully saturated rings. The van der Waals surface area contributed by atoms with E-state index in [1.54, 1.807) is 18.5 Å². The molecule has 108 valence electrons. The second kappa shape index (κ2) is 5.57. The van der Waals surface area contributed by atoms with E-state index in [1.807, 2.05) is 17.6 Å². The summed E-state index contributed by atoms with van der Waals surface area (Å²) in [5.41, 5.74) is 1.40. The molecule has 0 saturated carbocycles. The molecule has 0 aliphatic heterocycles. The minimum atomic E-state index is -0.890. The van der Waals surface area contributed by atoms with E-state index < -0.39 is 5.97 Å². The SMILES string of the molecule is Cc1cnc(Cn2c(SCC(=O)O)nc3cccnc32)o1. The van der Waals surface area contributed by atoms with Crippen LogP contribution in [0.15, 0.2) is 34.1 Å². The molecule has 3 heterocycles. The third-order valence-electron chi connectivity index (χ3n) is 2.76. The average Bonchev–Trinajstić information content (AvgIpc) is 3.01. The number of fused-ring (bicyclic) bond motifs is 1. The van der Waals surface area contributed by atoms with Crippen molar-refractivity contribution in [3.05, 3.63) is 36.2 Å². The normalized spacial score (nSPS) is 11.1. The molecule has 0 unspecified atom stereocenters. The van der Waals surface area contributed by atoms with Crippen molar-refractivity contribution in [2.45, 2.75) is 18.6 Å². The van der Waals surface area contributed by atoms with E-state index in [4.69, 9.17) is 9.52 Å². The summed E-state index contributed by atoms with van der Waals surface area (Å²) in [5, 5.41) is 9.41. The highest BCUT2D eigenvalue weighted by atomic mass is 32.2. The van der Waals surface area contributed by atoms with E-state index in [9.17, 15) is 4.79 Å². The van der Waals surface area contributed by atoms with Gasteiger partial charge >= 0.3 is 5.97 Å². The molecule has 3 aromatic rings. The summed E-state index contributed by atoms with van der Waals surface area (Å²) in [6, 6.07) is 3.63. The fraction of sp³-hybridized carbons (Fsp3) is 0.231. The van der Waals surface area contributed by atoms with Gasteiger partial charge in [0.05, 0.1) is 11.9 Å². The van der Waals surface area contributed by atoms with Gasteiger partial charge in [0.2, 0.25) is 5.89 Å². The maximum absolute atomic E-state index is 10.8. The molecule has 0 spiro atoms. The lowest BCUT2D eigenvalue weighted by molar-refractivity contribution is -0.133. The summed E-state index contributed by atoms with van der Waals surface area (Å²) in [7, 11) is 0. The summed E-state index contributed by atoms with van der Waals surface area (Å²) in [6.07, 6.45) is 3.32. The molecule has 0 amide bonds. The minimum absolute atomic E-state index is 0.0616. The lowest BCUT2D eigenvalue weighted by Crippen LogP contribution is -2.05. The zero-order chi connectivity index (χ0) is 14.8. The Balaban J connectivity index is 2.00. The Kier molecular flexibility index (Phi) is 3.61. The molecule has 0 aliphatic rings. The van der Waals surface area contributed by atoms with Crippen molar-refractivity contribution in [2.24, 2.45) is 0 Å². The minimum Gasteiger partial charge on any atom is -0.481 e. The third kappa shape index (κ3) is 2.89. The number of hydrogen-bond acceptors (Lipinski definition) is 6. The molecule has 0 bridgehead atoms. The van der Waals surface area contributed by atoms with Gasteiger partial charge in [-0.15, -0.1) is 0 Å².